The number of H-pyrrole nitrogens is 1. The topological polar surface area (TPSA) is 102 Å². The van der Waals surface area contributed by atoms with Gasteiger partial charge in [-0.05, 0) is 36.1 Å². The van der Waals surface area contributed by atoms with E-state index in [1.807, 2.05) is 13.8 Å². The van der Waals surface area contributed by atoms with Gasteiger partial charge in [-0.2, -0.15) is 10.4 Å². The smallest absolute Gasteiger partial charge is 0.274 e. The molecule has 2 N–H and O–H groups in total. The van der Waals surface area contributed by atoms with Crippen LogP contribution in [0.1, 0.15) is 62.3 Å². The summed E-state index contributed by atoms with van der Waals surface area (Å²) in [6.45, 7) is 4.80. The van der Waals surface area contributed by atoms with Crippen LogP contribution in [0.3, 0.4) is 0 Å². The quantitative estimate of drug-likeness (QED) is 0.643. The van der Waals surface area contributed by atoms with Crippen LogP contribution in [0.5, 0.6) is 0 Å². The number of halogens is 1. The Kier molecular flexibility index (Phi) is 5.57. The standard InChI is InChI=1S/C22H20FN5O2S/c1-12(2)17-9-18(27-26-17)22(30)28-8-7-13-15(10-24)21(31-19(13)11-28)25-20(29)14-5-3-4-6-16(14)23/h3-6,9,12H,7-8,11H2,1-2H3,(H,25,29)(H,26,27). The third kappa shape index (κ3) is 3.94. The van der Waals surface area contributed by atoms with E-state index in [0.717, 1.165) is 16.1 Å². The molecule has 0 spiro atoms. The number of nitrogens with one attached hydrogen (secondary N) is 2. The Hall–Kier alpha value is -3.51. The summed E-state index contributed by atoms with van der Waals surface area (Å²) in [5.74, 6) is -1.19. The molecule has 7 nitrogen and oxygen atoms in total. The van der Waals surface area contributed by atoms with Crippen LogP contribution in [-0.2, 0) is 13.0 Å². The number of anilines is 1. The minimum atomic E-state index is -0.628. The molecule has 9 heteroatoms. The van der Waals surface area contributed by atoms with Crippen molar-refractivity contribution in [2.24, 2.45) is 0 Å². The molecule has 0 aliphatic carbocycles. The molecule has 3 aromatic rings. The van der Waals surface area contributed by atoms with Crippen molar-refractivity contribution in [3.8, 4) is 6.07 Å². The van der Waals surface area contributed by atoms with Crippen molar-refractivity contribution in [3.63, 3.8) is 0 Å². The number of thiophene rings is 1. The summed E-state index contributed by atoms with van der Waals surface area (Å²) >= 11 is 1.24. The molecular formula is C22H20FN5O2S. The molecule has 2 aromatic heterocycles. The zero-order valence-electron chi connectivity index (χ0n) is 17.0. The summed E-state index contributed by atoms with van der Waals surface area (Å²) in [5.41, 5.74) is 2.36. The first-order valence-corrected chi connectivity index (χ1v) is 10.7. The van der Waals surface area contributed by atoms with E-state index in [9.17, 15) is 19.2 Å². The SMILES string of the molecule is CC(C)c1cc(C(=O)N2CCc3c(sc(NC(=O)c4ccccc4F)c3C#N)C2)n[nH]1. The number of benzene rings is 1. The predicted octanol–water partition coefficient (Wildman–Crippen LogP) is 4.06. The summed E-state index contributed by atoms with van der Waals surface area (Å²) in [4.78, 5) is 27.9. The molecule has 2 amide bonds. The minimum absolute atomic E-state index is 0.0888. The Morgan fingerprint density at radius 2 is 2.13 bits per heavy atom. The highest BCUT2D eigenvalue weighted by Gasteiger charge is 2.29. The number of hydrogen-bond donors (Lipinski definition) is 2. The third-order valence-corrected chi connectivity index (χ3v) is 6.37. The van der Waals surface area contributed by atoms with E-state index >= 15 is 0 Å². The fourth-order valence-electron chi connectivity index (χ4n) is 3.50. The first kappa shape index (κ1) is 20.8. The van der Waals surface area contributed by atoms with Crippen molar-refractivity contribution < 1.29 is 14.0 Å². The van der Waals surface area contributed by atoms with Crippen LogP contribution in [0, 0.1) is 17.1 Å². The molecule has 1 aliphatic heterocycles. The Labute approximate surface area is 182 Å². The van der Waals surface area contributed by atoms with Gasteiger partial charge in [-0.3, -0.25) is 14.7 Å². The molecule has 3 heterocycles. The zero-order chi connectivity index (χ0) is 22.1. The number of carbonyl (C=O) groups excluding carboxylic acids is 2. The molecule has 158 valence electrons. The maximum atomic E-state index is 13.9. The largest absolute Gasteiger partial charge is 0.332 e. The van der Waals surface area contributed by atoms with Crippen molar-refractivity contribution in [2.45, 2.75) is 32.7 Å². The van der Waals surface area contributed by atoms with Crippen molar-refractivity contribution in [2.75, 3.05) is 11.9 Å². The average Bonchev–Trinajstić information content (AvgIpc) is 3.37. The Balaban J connectivity index is 1.55. The Morgan fingerprint density at radius 1 is 1.35 bits per heavy atom. The lowest BCUT2D eigenvalue weighted by atomic mass is 10.0. The molecule has 0 unspecified atom stereocenters. The Bertz CT molecular complexity index is 1210. The van der Waals surface area contributed by atoms with Crippen molar-refractivity contribution in [1.82, 2.24) is 15.1 Å². The summed E-state index contributed by atoms with van der Waals surface area (Å²) < 4.78 is 13.9. The number of nitriles is 1. The number of hydrogen-bond acceptors (Lipinski definition) is 5. The summed E-state index contributed by atoms with van der Waals surface area (Å²) in [6.07, 6.45) is 0.498. The number of carbonyl (C=O) groups is 2. The first-order valence-electron chi connectivity index (χ1n) is 9.84. The fourth-order valence-corrected chi connectivity index (χ4v) is 4.71. The molecule has 0 saturated heterocycles. The van der Waals surface area contributed by atoms with Gasteiger partial charge in [0.1, 0.15) is 22.6 Å². The van der Waals surface area contributed by atoms with Crippen LogP contribution in [-0.4, -0.2) is 33.5 Å². The number of rotatable bonds is 4. The number of aromatic amines is 1. The van der Waals surface area contributed by atoms with E-state index in [2.05, 4.69) is 21.6 Å². The van der Waals surface area contributed by atoms with E-state index in [1.165, 1.54) is 29.5 Å². The highest BCUT2D eigenvalue weighted by Crippen LogP contribution is 2.37. The molecule has 4 rings (SSSR count). The van der Waals surface area contributed by atoms with Crippen molar-refractivity contribution in [1.29, 1.82) is 5.26 Å². The number of fused-ring (bicyclic) bond motifs is 1. The van der Waals surface area contributed by atoms with E-state index in [4.69, 9.17) is 0 Å². The second-order valence-electron chi connectivity index (χ2n) is 7.59. The molecule has 0 fully saturated rings. The highest BCUT2D eigenvalue weighted by molar-refractivity contribution is 7.16. The van der Waals surface area contributed by atoms with Gasteiger partial charge in [0.15, 0.2) is 0 Å². The lowest BCUT2D eigenvalue weighted by Gasteiger charge is -2.26. The molecule has 31 heavy (non-hydrogen) atoms. The molecule has 1 aliphatic rings. The van der Waals surface area contributed by atoms with E-state index < -0.39 is 11.7 Å². The second kappa shape index (κ2) is 8.32. The van der Waals surface area contributed by atoms with Gasteiger partial charge < -0.3 is 10.2 Å². The van der Waals surface area contributed by atoms with Crippen LogP contribution in [0.2, 0.25) is 0 Å². The van der Waals surface area contributed by atoms with Crippen molar-refractivity contribution >= 4 is 28.2 Å². The highest BCUT2D eigenvalue weighted by atomic mass is 32.1. The lowest BCUT2D eigenvalue weighted by Crippen LogP contribution is -2.35. The van der Waals surface area contributed by atoms with Crippen molar-refractivity contribution in [3.05, 3.63) is 69.1 Å². The fraction of sp³-hybridized carbons (Fsp3) is 0.273. The van der Waals surface area contributed by atoms with Gasteiger partial charge in [0.2, 0.25) is 0 Å². The maximum Gasteiger partial charge on any atom is 0.274 e. The maximum absolute atomic E-state index is 13.9. The minimum Gasteiger partial charge on any atom is -0.332 e. The summed E-state index contributed by atoms with van der Waals surface area (Å²) in [6, 6.07) is 9.59. The molecule has 0 bridgehead atoms. The van der Waals surface area contributed by atoms with Gasteiger partial charge in [-0.1, -0.05) is 26.0 Å². The van der Waals surface area contributed by atoms with Gasteiger partial charge in [0, 0.05) is 17.1 Å². The van der Waals surface area contributed by atoms with Crippen LogP contribution < -0.4 is 5.32 Å². The summed E-state index contributed by atoms with van der Waals surface area (Å²) in [5, 5.41) is 19.7. The first-order chi connectivity index (χ1) is 14.9. The molecule has 0 radical (unpaired) electrons. The predicted molar refractivity (Wildman–Crippen MR) is 115 cm³/mol. The monoisotopic (exact) mass is 437 g/mol. The van der Waals surface area contributed by atoms with Gasteiger partial charge in [0.05, 0.1) is 17.7 Å². The molecule has 1 aromatic carbocycles. The zero-order valence-corrected chi connectivity index (χ0v) is 17.8. The normalized spacial score (nSPS) is 13.1. The van der Waals surface area contributed by atoms with Crippen LogP contribution >= 0.6 is 11.3 Å². The average molecular weight is 438 g/mol. The van der Waals surface area contributed by atoms with E-state index in [-0.39, 0.29) is 17.4 Å². The number of amides is 2. The molecule has 0 atom stereocenters. The number of nitrogens with zero attached hydrogens (tertiary/aromatic N) is 3. The van der Waals surface area contributed by atoms with E-state index in [1.54, 1.807) is 17.0 Å². The van der Waals surface area contributed by atoms with Gasteiger partial charge in [0.25, 0.3) is 11.8 Å². The second-order valence-corrected chi connectivity index (χ2v) is 8.70. The van der Waals surface area contributed by atoms with Gasteiger partial charge in [-0.15, -0.1) is 11.3 Å². The lowest BCUT2D eigenvalue weighted by molar-refractivity contribution is 0.0731. The van der Waals surface area contributed by atoms with Crippen LogP contribution in [0.25, 0.3) is 0 Å². The Morgan fingerprint density at radius 3 is 2.81 bits per heavy atom. The van der Waals surface area contributed by atoms with Gasteiger partial charge in [-0.25, -0.2) is 4.39 Å². The molecular weight excluding hydrogens is 417 g/mol. The number of aromatic nitrogens is 2. The molecule has 0 saturated carbocycles. The van der Waals surface area contributed by atoms with E-state index in [0.29, 0.717) is 35.8 Å². The summed E-state index contributed by atoms with van der Waals surface area (Å²) in [7, 11) is 0. The van der Waals surface area contributed by atoms with Gasteiger partial charge >= 0.3 is 0 Å². The van der Waals surface area contributed by atoms with Crippen LogP contribution in [0.4, 0.5) is 9.39 Å². The third-order valence-electron chi connectivity index (χ3n) is 5.24. The van der Waals surface area contributed by atoms with Crippen LogP contribution in [0.15, 0.2) is 30.3 Å².